The molecule has 0 unspecified atom stereocenters. The molecule has 0 saturated heterocycles. The Bertz CT molecular complexity index is 986. The number of thioether (sulfide) groups is 1. The fraction of sp³-hybridized carbons (Fsp3) is 0.294. The van der Waals surface area contributed by atoms with Gasteiger partial charge >= 0.3 is 0 Å². The zero-order valence-electron chi connectivity index (χ0n) is 13.7. The summed E-state index contributed by atoms with van der Waals surface area (Å²) in [5.74, 6) is 2.91. The van der Waals surface area contributed by atoms with Crippen molar-refractivity contribution in [2.75, 3.05) is 0 Å². The Morgan fingerprint density at radius 3 is 2.81 bits per heavy atom. The van der Waals surface area contributed by atoms with Crippen molar-refractivity contribution >= 4 is 34.4 Å². The van der Waals surface area contributed by atoms with Gasteiger partial charge in [0.2, 0.25) is 11.7 Å². The molecule has 5 rings (SSSR count). The van der Waals surface area contributed by atoms with Crippen LogP contribution in [0.25, 0.3) is 10.7 Å². The molecular weight excluding hydrogens is 386 g/mol. The highest BCUT2D eigenvalue weighted by Crippen LogP contribution is 2.39. The fourth-order valence-corrected chi connectivity index (χ4v) is 4.95. The lowest BCUT2D eigenvalue weighted by atomic mass is 10.3. The van der Waals surface area contributed by atoms with Gasteiger partial charge in [0.1, 0.15) is 5.82 Å². The maximum Gasteiger partial charge on any atom is 0.237 e. The fourth-order valence-electron chi connectivity index (χ4n) is 2.74. The SMILES string of the molecule is c1csc(Cc2nnc(SCc3nc(-c4cccs4)no3)n2C2CC2)c1. The van der Waals surface area contributed by atoms with Gasteiger partial charge in [-0.05, 0) is 35.7 Å². The van der Waals surface area contributed by atoms with Crippen LogP contribution < -0.4 is 0 Å². The molecule has 4 heterocycles. The second kappa shape index (κ2) is 6.98. The number of nitrogens with zero attached hydrogens (tertiary/aromatic N) is 5. The van der Waals surface area contributed by atoms with Crippen LogP contribution in [-0.4, -0.2) is 24.9 Å². The van der Waals surface area contributed by atoms with Crippen LogP contribution in [0.3, 0.4) is 0 Å². The Labute approximate surface area is 162 Å². The number of thiophene rings is 2. The zero-order valence-corrected chi connectivity index (χ0v) is 16.2. The van der Waals surface area contributed by atoms with E-state index in [1.165, 1.54) is 17.7 Å². The standard InChI is InChI=1S/C17H15N5OS3/c1-3-12(24-7-1)9-14-19-20-17(22(14)11-5-6-11)26-10-15-18-16(21-23-15)13-4-2-8-25-13/h1-4,7-8,11H,5-6,9-10H2. The van der Waals surface area contributed by atoms with Crippen molar-refractivity contribution in [1.29, 1.82) is 0 Å². The molecule has 4 aromatic rings. The Balaban J connectivity index is 1.32. The van der Waals surface area contributed by atoms with Crippen molar-refractivity contribution < 1.29 is 4.52 Å². The average Bonchev–Trinajstić information content (AvgIpc) is 3.17. The van der Waals surface area contributed by atoms with Crippen LogP contribution in [-0.2, 0) is 12.2 Å². The minimum atomic E-state index is 0.534. The lowest BCUT2D eigenvalue weighted by molar-refractivity contribution is 0.391. The molecule has 6 nitrogen and oxygen atoms in total. The van der Waals surface area contributed by atoms with Gasteiger partial charge in [0, 0.05) is 17.3 Å². The molecule has 0 N–H and O–H groups in total. The molecule has 132 valence electrons. The third kappa shape index (κ3) is 3.34. The van der Waals surface area contributed by atoms with E-state index in [-0.39, 0.29) is 0 Å². The maximum atomic E-state index is 5.39. The second-order valence-corrected chi connectivity index (χ2v) is 8.96. The van der Waals surface area contributed by atoms with Gasteiger partial charge < -0.3 is 9.09 Å². The van der Waals surface area contributed by atoms with Gasteiger partial charge in [0.25, 0.3) is 0 Å². The van der Waals surface area contributed by atoms with Gasteiger partial charge in [-0.1, -0.05) is 29.1 Å². The van der Waals surface area contributed by atoms with E-state index >= 15 is 0 Å². The highest BCUT2D eigenvalue weighted by molar-refractivity contribution is 7.98. The first-order valence-electron chi connectivity index (χ1n) is 8.32. The monoisotopic (exact) mass is 401 g/mol. The summed E-state index contributed by atoms with van der Waals surface area (Å²) in [5.41, 5.74) is 0. The third-order valence-corrected chi connectivity index (χ3v) is 6.76. The van der Waals surface area contributed by atoms with Crippen LogP contribution in [0.15, 0.2) is 44.7 Å². The lowest BCUT2D eigenvalue weighted by Crippen LogP contribution is -2.03. The average molecular weight is 402 g/mol. The Morgan fingerprint density at radius 2 is 2.04 bits per heavy atom. The predicted molar refractivity (Wildman–Crippen MR) is 103 cm³/mol. The molecule has 0 bridgehead atoms. The van der Waals surface area contributed by atoms with Crippen molar-refractivity contribution in [1.82, 2.24) is 24.9 Å². The summed E-state index contributed by atoms with van der Waals surface area (Å²) in [7, 11) is 0. The number of hydrogen-bond donors (Lipinski definition) is 0. The summed E-state index contributed by atoms with van der Waals surface area (Å²) in [6.07, 6.45) is 3.24. The van der Waals surface area contributed by atoms with Gasteiger partial charge in [0.15, 0.2) is 5.16 Å². The molecule has 1 saturated carbocycles. The van der Waals surface area contributed by atoms with Crippen molar-refractivity contribution in [3.8, 4) is 10.7 Å². The second-order valence-electron chi connectivity index (χ2n) is 6.03. The molecule has 4 aromatic heterocycles. The first-order chi connectivity index (χ1) is 12.9. The molecule has 1 aliphatic carbocycles. The highest BCUT2D eigenvalue weighted by Gasteiger charge is 2.30. The Kier molecular flexibility index (Phi) is 4.35. The van der Waals surface area contributed by atoms with Crippen LogP contribution in [0.1, 0.15) is 35.5 Å². The van der Waals surface area contributed by atoms with Gasteiger partial charge in [-0.15, -0.1) is 32.9 Å². The number of hydrogen-bond acceptors (Lipinski definition) is 8. The maximum absolute atomic E-state index is 5.39. The summed E-state index contributed by atoms with van der Waals surface area (Å²) in [4.78, 5) is 6.81. The molecule has 0 radical (unpaired) electrons. The van der Waals surface area contributed by atoms with Gasteiger partial charge in [0.05, 0.1) is 10.6 Å². The van der Waals surface area contributed by atoms with E-state index in [4.69, 9.17) is 4.52 Å². The van der Waals surface area contributed by atoms with E-state index < -0.39 is 0 Å². The normalized spacial score (nSPS) is 14.2. The van der Waals surface area contributed by atoms with E-state index in [2.05, 4.69) is 42.4 Å². The van der Waals surface area contributed by atoms with Crippen LogP contribution in [0.4, 0.5) is 0 Å². The van der Waals surface area contributed by atoms with Crippen LogP contribution in [0, 0.1) is 0 Å². The molecular formula is C17H15N5OS3. The first-order valence-corrected chi connectivity index (χ1v) is 11.1. The van der Waals surface area contributed by atoms with E-state index in [0.29, 0.717) is 23.5 Å². The minimum absolute atomic E-state index is 0.534. The van der Waals surface area contributed by atoms with E-state index in [1.807, 2.05) is 17.5 Å². The van der Waals surface area contributed by atoms with Crippen molar-refractivity contribution in [2.45, 2.75) is 36.2 Å². The molecule has 0 spiro atoms. The molecule has 0 amide bonds. The van der Waals surface area contributed by atoms with Gasteiger partial charge in [-0.25, -0.2) is 0 Å². The van der Waals surface area contributed by atoms with E-state index in [0.717, 1.165) is 22.3 Å². The summed E-state index contributed by atoms with van der Waals surface area (Å²) in [6.45, 7) is 0. The van der Waals surface area contributed by atoms with Gasteiger partial charge in [-0.2, -0.15) is 4.98 Å². The van der Waals surface area contributed by atoms with Crippen LogP contribution in [0.5, 0.6) is 0 Å². The van der Waals surface area contributed by atoms with Crippen LogP contribution in [0.2, 0.25) is 0 Å². The van der Waals surface area contributed by atoms with Crippen molar-refractivity contribution in [2.24, 2.45) is 0 Å². The Morgan fingerprint density at radius 1 is 1.15 bits per heavy atom. The zero-order chi connectivity index (χ0) is 17.3. The smallest absolute Gasteiger partial charge is 0.237 e. The quantitative estimate of drug-likeness (QED) is 0.419. The van der Waals surface area contributed by atoms with E-state index in [9.17, 15) is 0 Å². The first kappa shape index (κ1) is 16.2. The number of rotatable bonds is 7. The minimum Gasteiger partial charge on any atom is -0.338 e. The third-order valence-electron chi connectivity index (χ3n) is 4.09. The molecule has 0 aromatic carbocycles. The summed E-state index contributed by atoms with van der Waals surface area (Å²) in [5, 5.41) is 18.0. The van der Waals surface area contributed by atoms with Crippen molar-refractivity contribution in [3.05, 3.63) is 51.6 Å². The predicted octanol–water partition coefficient (Wildman–Crippen LogP) is 4.67. The molecule has 0 aliphatic heterocycles. The lowest BCUT2D eigenvalue weighted by Gasteiger charge is -2.07. The summed E-state index contributed by atoms with van der Waals surface area (Å²) < 4.78 is 7.68. The number of aromatic nitrogens is 5. The molecule has 26 heavy (non-hydrogen) atoms. The van der Waals surface area contributed by atoms with Gasteiger partial charge in [-0.3, -0.25) is 0 Å². The molecule has 1 fully saturated rings. The Hall–Kier alpha value is -1.97. The van der Waals surface area contributed by atoms with E-state index in [1.54, 1.807) is 34.4 Å². The molecule has 1 aliphatic rings. The largest absolute Gasteiger partial charge is 0.338 e. The summed E-state index contributed by atoms with van der Waals surface area (Å²) >= 11 is 4.98. The topological polar surface area (TPSA) is 69.6 Å². The summed E-state index contributed by atoms with van der Waals surface area (Å²) in [6, 6.07) is 8.74. The van der Waals surface area contributed by atoms with Crippen LogP contribution >= 0.6 is 34.4 Å². The van der Waals surface area contributed by atoms with Crippen molar-refractivity contribution in [3.63, 3.8) is 0 Å². The molecule has 9 heteroatoms. The highest BCUT2D eigenvalue weighted by atomic mass is 32.2. The molecule has 0 atom stereocenters.